The lowest BCUT2D eigenvalue weighted by molar-refractivity contribution is 0.0606. The highest BCUT2D eigenvalue weighted by Gasteiger charge is 2.42. The molecule has 3 saturated heterocycles. The summed E-state index contributed by atoms with van der Waals surface area (Å²) in [5.41, 5.74) is 1.03. The molecule has 4 aliphatic heterocycles. The molecule has 1 N–H and O–H groups in total. The Labute approximate surface area is 228 Å². The standard InChI is InChI=1S/C28H36ClFN6O2/c1-3-33-10-12-34(13-11-33)19-14-18(2)36(16-19)27-23-26(38-17-20-15-31-8-9-35(20)28(23)37)24(29)25(32-27)21-6-4-5-7-22(21)30/h4-7,18-20,31H,3,8-17H2,1-2H3/t18-,19-,20+/m0/s1. The number of aromatic nitrogens is 1. The molecule has 5 heterocycles. The highest BCUT2D eigenvalue weighted by Crippen LogP contribution is 2.45. The fourth-order valence-electron chi connectivity index (χ4n) is 6.40. The Balaban J connectivity index is 1.42. The van der Waals surface area contributed by atoms with Gasteiger partial charge >= 0.3 is 0 Å². The maximum atomic E-state index is 15.0. The zero-order chi connectivity index (χ0) is 26.4. The number of halogens is 2. The molecule has 0 aliphatic carbocycles. The quantitative estimate of drug-likeness (QED) is 0.637. The Kier molecular flexibility index (Phi) is 7.20. The fraction of sp³-hybridized carbons (Fsp3) is 0.571. The summed E-state index contributed by atoms with van der Waals surface area (Å²) in [5, 5.41) is 3.54. The molecule has 0 radical (unpaired) electrons. The Morgan fingerprint density at radius 1 is 1.13 bits per heavy atom. The van der Waals surface area contributed by atoms with Crippen LogP contribution in [0, 0.1) is 5.82 Å². The average molecular weight is 543 g/mol. The van der Waals surface area contributed by atoms with Crippen molar-refractivity contribution in [1.29, 1.82) is 0 Å². The molecular weight excluding hydrogens is 507 g/mol. The first kappa shape index (κ1) is 25.8. The maximum absolute atomic E-state index is 15.0. The summed E-state index contributed by atoms with van der Waals surface area (Å²) in [7, 11) is 0. The van der Waals surface area contributed by atoms with E-state index < -0.39 is 5.82 Å². The number of amides is 1. The van der Waals surface area contributed by atoms with Gasteiger partial charge in [-0.15, -0.1) is 0 Å². The highest BCUT2D eigenvalue weighted by molar-refractivity contribution is 6.35. The van der Waals surface area contributed by atoms with Crippen molar-refractivity contribution in [3.63, 3.8) is 0 Å². The number of hydrogen-bond donors (Lipinski definition) is 1. The number of rotatable bonds is 4. The number of hydrogen-bond acceptors (Lipinski definition) is 7. The van der Waals surface area contributed by atoms with Gasteiger partial charge in [0.05, 0.1) is 11.7 Å². The van der Waals surface area contributed by atoms with E-state index >= 15 is 0 Å². The van der Waals surface area contributed by atoms with Crippen molar-refractivity contribution in [2.75, 3.05) is 70.4 Å². The molecule has 10 heteroatoms. The van der Waals surface area contributed by atoms with E-state index in [0.29, 0.717) is 54.1 Å². The van der Waals surface area contributed by atoms with E-state index in [0.717, 1.165) is 52.2 Å². The Morgan fingerprint density at radius 3 is 2.68 bits per heavy atom. The molecule has 8 nitrogen and oxygen atoms in total. The van der Waals surface area contributed by atoms with Crippen LogP contribution in [0.15, 0.2) is 24.3 Å². The van der Waals surface area contributed by atoms with Crippen molar-refractivity contribution in [1.82, 2.24) is 25.0 Å². The van der Waals surface area contributed by atoms with E-state index in [2.05, 4.69) is 33.9 Å². The minimum absolute atomic E-state index is 0.0944. The number of pyridine rings is 1. The van der Waals surface area contributed by atoms with E-state index in [9.17, 15) is 9.18 Å². The first-order valence-electron chi connectivity index (χ1n) is 13.8. The Morgan fingerprint density at radius 2 is 1.92 bits per heavy atom. The Bertz CT molecular complexity index is 1210. The van der Waals surface area contributed by atoms with Crippen LogP contribution in [0.5, 0.6) is 5.75 Å². The summed E-state index contributed by atoms with van der Waals surface area (Å²) in [4.78, 5) is 28.2. The monoisotopic (exact) mass is 542 g/mol. The summed E-state index contributed by atoms with van der Waals surface area (Å²) in [6.45, 7) is 12.8. The van der Waals surface area contributed by atoms with Gasteiger partial charge in [0.25, 0.3) is 5.91 Å². The topological polar surface area (TPSA) is 64.2 Å². The van der Waals surface area contributed by atoms with Crippen molar-refractivity contribution >= 4 is 23.3 Å². The lowest BCUT2D eigenvalue weighted by Gasteiger charge is -2.37. The van der Waals surface area contributed by atoms with Crippen LogP contribution in [0.3, 0.4) is 0 Å². The molecule has 3 atom stereocenters. The zero-order valence-corrected chi connectivity index (χ0v) is 22.9. The van der Waals surface area contributed by atoms with Crippen LogP contribution in [-0.4, -0.2) is 109 Å². The third-order valence-corrected chi connectivity index (χ3v) is 9.00. The third-order valence-electron chi connectivity index (χ3n) is 8.64. The molecule has 2 aromatic rings. The van der Waals surface area contributed by atoms with Gasteiger partial charge in [0.1, 0.15) is 28.8 Å². The Hall–Kier alpha value is -2.46. The van der Waals surface area contributed by atoms with Gasteiger partial charge < -0.3 is 24.8 Å². The average Bonchev–Trinajstić information content (AvgIpc) is 3.26. The number of anilines is 1. The van der Waals surface area contributed by atoms with Crippen LogP contribution in [0.4, 0.5) is 10.2 Å². The van der Waals surface area contributed by atoms with Crippen LogP contribution in [0.2, 0.25) is 5.02 Å². The number of nitrogens with zero attached hydrogens (tertiary/aromatic N) is 5. The molecule has 204 valence electrons. The van der Waals surface area contributed by atoms with Crippen LogP contribution >= 0.6 is 11.6 Å². The summed E-state index contributed by atoms with van der Waals surface area (Å²) in [6.07, 6.45) is 0.978. The molecule has 1 aromatic carbocycles. The second-order valence-electron chi connectivity index (χ2n) is 10.8. The molecule has 0 saturated carbocycles. The van der Waals surface area contributed by atoms with Crippen molar-refractivity contribution in [3.8, 4) is 17.0 Å². The SMILES string of the molecule is CCN1CCN([C@H]2C[C@H](C)N(c3nc(-c4ccccc4F)c(Cl)c4c3C(=O)N3CCNC[C@@H]3CO4)C2)CC1. The summed E-state index contributed by atoms with van der Waals surface area (Å²) < 4.78 is 21.3. The summed E-state index contributed by atoms with van der Waals surface area (Å²) in [5.74, 6) is 0.353. The number of carbonyl (C=O) groups is 1. The second kappa shape index (κ2) is 10.6. The second-order valence-corrected chi connectivity index (χ2v) is 11.2. The largest absolute Gasteiger partial charge is 0.489 e. The smallest absolute Gasteiger partial charge is 0.261 e. The van der Waals surface area contributed by atoms with Gasteiger partial charge in [-0.1, -0.05) is 30.7 Å². The number of ether oxygens (including phenoxy) is 1. The molecule has 1 aromatic heterocycles. The first-order valence-corrected chi connectivity index (χ1v) is 14.2. The number of piperazine rings is 2. The van der Waals surface area contributed by atoms with Crippen molar-refractivity contribution in [2.24, 2.45) is 0 Å². The van der Waals surface area contributed by atoms with Crippen LogP contribution in [-0.2, 0) is 0 Å². The van der Waals surface area contributed by atoms with Crippen molar-refractivity contribution in [2.45, 2.75) is 38.4 Å². The number of benzene rings is 1. The zero-order valence-electron chi connectivity index (χ0n) is 22.1. The lowest BCUT2D eigenvalue weighted by Crippen LogP contribution is -2.55. The minimum Gasteiger partial charge on any atom is -0.489 e. The van der Waals surface area contributed by atoms with Gasteiger partial charge in [-0.3, -0.25) is 9.69 Å². The molecule has 4 aliphatic rings. The van der Waals surface area contributed by atoms with E-state index in [4.69, 9.17) is 21.3 Å². The van der Waals surface area contributed by atoms with Gasteiger partial charge in [-0.2, -0.15) is 0 Å². The molecule has 1 amide bonds. The van der Waals surface area contributed by atoms with Gasteiger partial charge in [0, 0.05) is 70.0 Å². The lowest BCUT2D eigenvalue weighted by atomic mass is 10.1. The van der Waals surface area contributed by atoms with E-state index in [1.54, 1.807) is 18.2 Å². The predicted octanol–water partition coefficient (Wildman–Crippen LogP) is 2.95. The highest BCUT2D eigenvalue weighted by atomic mass is 35.5. The van der Waals surface area contributed by atoms with Crippen molar-refractivity contribution in [3.05, 3.63) is 40.7 Å². The third kappa shape index (κ3) is 4.53. The molecule has 0 spiro atoms. The fourth-order valence-corrected chi connectivity index (χ4v) is 6.70. The summed E-state index contributed by atoms with van der Waals surface area (Å²) >= 11 is 6.89. The normalized spacial score (nSPS) is 26.6. The number of nitrogens with one attached hydrogen (secondary N) is 1. The van der Waals surface area contributed by atoms with Gasteiger partial charge in [0.15, 0.2) is 5.75 Å². The summed E-state index contributed by atoms with van der Waals surface area (Å²) in [6, 6.07) is 6.92. The molecule has 0 bridgehead atoms. The minimum atomic E-state index is -0.407. The number of carbonyl (C=O) groups excluding carboxylic acids is 1. The van der Waals surface area contributed by atoms with E-state index in [-0.39, 0.29) is 23.0 Å². The van der Waals surface area contributed by atoms with Crippen LogP contribution < -0.4 is 15.0 Å². The number of likely N-dealkylation sites (N-methyl/N-ethyl adjacent to an activating group) is 1. The van der Waals surface area contributed by atoms with Crippen LogP contribution in [0.25, 0.3) is 11.3 Å². The van der Waals surface area contributed by atoms with Gasteiger partial charge in [-0.05, 0) is 32.0 Å². The molecule has 38 heavy (non-hydrogen) atoms. The predicted molar refractivity (Wildman–Crippen MR) is 147 cm³/mol. The maximum Gasteiger partial charge on any atom is 0.261 e. The van der Waals surface area contributed by atoms with Gasteiger partial charge in [-0.25, -0.2) is 9.37 Å². The molecule has 6 rings (SSSR count). The van der Waals surface area contributed by atoms with Crippen LogP contribution in [0.1, 0.15) is 30.6 Å². The van der Waals surface area contributed by atoms with Crippen molar-refractivity contribution < 1.29 is 13.9 Å². The number of fused-ring (bicyclic) bond motifs is 2. The molecule has 0 unspecified atom stereocenters. The molecule has 3 fully saturated rings. The van der Waals surface area contributed by atoms with Gasteiger partial charge in [0.2, 0.25) is 0 Å². The first-order chi connectivity index (χ1) is 18.5. The molecular formula is C28H36ClFN6O2. The van der Waals surface area contributed by atoms with E-state index in [1.807, 2.05) is 4.90 Å². The van der Waals surface area contributed by atoms with E-state index in [1.165, 1.54) is 6.07 Å².